The number of halogens is 4. The van der Waals surface area contributed by atoms with E-state index in [0.717, 1.165) is 5.57 Å². The molecule has 0 fully saturated rings. The highest BCUT2D eigenvalue weighted by Gasteiger charge is 2.59. The lowest BCUT2D eigenvalue weighted by Crippen LogP contribution is -2.46. The number of carbonyl (C=O) groups excluding carboxylic acids is 1. The lowest BCUT2D eigenvalue weighted by atomic mass is 9.92. The van der Waals surface area contributed by atoms with E-state index in [1.54, 1.807) is 13.8 Å². The van der Waals surface area contributed by atoms with Crippen LogP contribution in [0.15, 0.2) is 40.9 Å². The topological polar surface area (TPSA) is 41.9 Å². The summed E-state index contributed by atoms with van der Waals surface area (Å²) in [5.41, 5.74) is -2.46. The monoisotopic (exact) mass is 346 g/mol. The number of hydrogen-bond acceptors (Lipinski definition) is 2. The smallest absolute Gasteiger partial charge is 0.352 e. The number of anilines is 1. The summed E-state index contributed by atoms with van der Waals surface area (Å²) in [5.74, 6) is 0. The number of benzene rings is 1. The van der Waals surface area contributed by atoms with Crippen LogP contribution in [-0.4, -0.2) is 25.0 Å². The van der Waals surface area contributed by atoms with Crippen LogP contribution in [0.2, 0.25) is 0 Å². The molecular formula is C15H14ClF3N2O2. The molecule has 0 N–H and O–H groups in total. The molecule has 23 heavy (non-hydrogen) atoms. The highest BCUT2D eigenvalue weighted by Crippen LogP contribution is 2.46. The minimum absolute atomic E-state index is 0.119. The second kappa shape index (κ2) is 6.33. The maximum Gasteiger partial charge on any atom is 0.427 e. The molecular weight excluding hydrogens is 333 g/mol. The highest BCUT2D eigenvalue weighted by molar-refractivity contribution is 6.37. The Bertz CT molecular complexity index is 669. The number of rotatable bonds is 3. The van der Waals surface area contributed by atoms with Gasteiger partial charge in [0.25, 0.3) is 0 Å². The molecule has 1 aliphatic rings. The van der Waals surface area contributed by atoms with Gasteiger partial charge in [0.1, 0.15) is 0 Å². The fraction of sp³-hybridized carbons (Fsp3) is 0.333. The lowest BCUT2D eigenvalue weighted by Gasteiger charge is -2.33. The summed E-state index contributed by atoms with van der Waals surface area (Å²) >= 11 is 5.80. The Labute approximate surface area is 136 Å². The van der Waals surface area contributed by atoms with Crippen molar-refractivity contribution in [2.45, 2.75) is 25.6 Å². The van der Waals surface area contributed by atoms with E-state index in [1.807, 2.05) is 0 Å². The van der Waals surface area contributed by atoms with Gasteiger partial charge in [-0.05, 0) is 19.9 Å². The first kappa shape index (κ1) is 17.5. The van der Waals surface area contributed by atoms with Gasteiger partial charge in [0, 0.05) is 17.3 Å². The van der Waals surface area contributed by atoms with Crippen LogP contribution >= 0.6 is 11.8 Å². The molecule has 124 valence electrons. The van der Waals surface area contributed by atoms with Crippen molar-refractivity contribution in [3.8, 4) is 0 Å². The van der Waals surface area contributed by atoms with Gasteiger partial charge in [-0.3, -0.25) is 0 Å². The maximum absolute atomic E-state index is 13.8. The van der Waals surface area contributed by atoms with Crippen molar-refractivity contribution in [1.82, 2.24) is 0 Å². The molecule has 1 heterocycles. The summed E-state index contributed by atoms with van der Waals surface area (Å²) in [7, 11) is 0. The van der Waals surface area contributed by atoms with Gasteiger partial charge in [-0.1, -0.05) is 29.8 Å². The molecule has 0 bridgehead atoms. The largest absolute Gasteiger partial charge is 0.427 e. The molecule has 0 aromatic heterocycles. The first-order chi connectivity index (χ1) is 10.7. The van der Waals surface area contributed by atoms with Gasteiger partial charge in [0.2, 0.25) is 5.60 Å². The highest BCUT2D eigenvalue weighted by atomic mass is 35.5. The zero-order valence-corrected chi connectivity index (χ0v) is 13.1. The minimum Gasteiger partial charge on any atom is -0.352 e. The van der Waals surface area contributed by atoms with E-state index >= 15 is 0 Å². The van der Waals surface area contributed by atoms with E-state index in [2.05, 4.69) is 4.99 Å². The quantitative estimate of drug-likeness (QED) is 0.593. The predicted octanol–water partition coefficient (Wildman–Crippen LogP) is 4.59. The van der Waals surface area contributed by atoms with Crippen LogP contribution in [0.25, 0.3) is 0 Å². The molecule has 0 saturated heterocycles. The summed E-state index contributed by atoms with van der Waals surface area (Å²) in [6, 6.07) is 4.39. The number of carbonyl (C=O) groups is 1. The molecule has 2 amide bonds. The van der Waals surface area contributed by atoms with Crippen LogP contribution in [0.1, 0.15) is 19.4 Å². The Morgan fingerprint density at radius 3 is 2.65 bits per heavy atom. The number of hydrogen-bond donors (Lipinski definition) is 0. The average molecular weight is 347 g/mol. The van der Waals surface area contributed by atoms with Crippen molar-refractivity contribution in [3.05, 3.63) is 41.5 Å². The number of nitrogens with zero attached hydrogens (tertiary/aromatic N) is 2. The second-order valence-electron chi connectivity index (χ2n) is 5.16. The average Bonchev–Trinajstić information content (AvgIpc) is 2.57. The molecule has 0 aliphatic carbocycles. The van der Waals surface area contributed by atoms with Crippen LogP contribution in [0, 0.1) is 0 Å². The number of para-hydroxylation sites is 1. The van der Waals surface area contributed by atoms with Crippen molar-refractivity contribution in [2.75, 3.05) is 11.0 Å². The van der Waals surface area contributed by atoms with Crippen LogP contribution in [0.5, 0.6) is 0 Å². The van der Waals surface area contributed by atoms with Gasteiger partial charge >= 0.3 is 12.2 Å². The van der Waals surface area contributed by atoms with E-state index in [-0.39, 0.29) is 17.9 Å². The van der Waals surface area contributed by atoms with Gasteiger partial charge in [-0.2, -0.15) is 13.2 Å². The molecule has 1 unspecified atom stereocenters. The zero-order valence-electron chi connectivity index (χ0n) is 12.4. The number of ether oxygens (including phenoxy) is 1. The van der Waals surface area contributed by atoms with Gasteiger partial charge < -0.3 is 4.74 Å². The molecule has 1 atom stereocenters. The van der Waals surface area contributed by atoms with Crippen LogP contribution in [0.4, 0.5) is 23.7 Å². The molecule has 0 spiro atoms. The van der Waals surface area contributed by atoms with Crippen molar-refractivity contribution in [1.29, 1.82) is 0 Å². The Morgan fingerprint density at radius 2 is 2.04 bits per heavy atom. The van der Waals surface area contributed by atoms with Crippen molar-refractivity contribution in [2.24, 2.45) is 4.99 Å². The number of urea groups is 1. The Balaban J connectivity index is 2.64. The van der Waals surface area contributed by atoms with E-state index in [1.165, 1.54) is 30.3 Å². The van der Waals surface area contributed by atoms with Gasteiger partial charge in [-0.15, -0.1) is 0 Å². The SMILES string of the molecule is CC(C)=CCOC1(C(F)(F)F)C=NC(=O)N(Cl)c2ccccc21. The summed E-state index contributed by atoms with van der Waals surface area (Å²) in [5, 5.41) is 0. The van der Waals surface area contributed by atoms with E-state index < -0.39 is 17.8 Å². The third-order valence-electron chi connectivity index (χ3n) is 3.26. The van der Waals surface area contributed by atoms with Crippen molar-refractivity contribution >= 4 is 29.7 Å². The zero-order chi connectivity index (χ0) is 17.3. The fourth-order valence-electron chi connectivity index (χ4n) is 2.09. The molecule has 1 aromatic carbocycles. The van der Waals surface area contributed by atoms with Crippen molar-refractivity contribution in [3.63, 3.8) is 0 Å². The molecule has 2 rings (SSSR count). The van der Waals surface area contributed by atoms with Crippen LogP contribution in [-0.2, 0) is 10.3 Å². The summed E-state index contributed by atoms with van der Waals surface area (Å²) in [6.07, 6.45) is -2.85. The second-order valence-corrected chi connectivity index (χ2v) is 5.50. The van der Waals surface area contributed by atoms with Crippen LogP contribution in [0.3, 0.4) is 0 Å². The Morgan fingerprint density at radius 1 is 1.39 bits per heavy atom. The lowest BCUT2D eigenvalue weighted by molar-refractivity contribution is -0.248. The third kappa shape index (κ3) is 3.25. The first-order valence-electron chi connectivity index (χ1n) is 6.67. The summed E-state index contributed by atoms with van der Waals surface area (Å²) in [6.45, 7) is 3.18. The van der Waals surface area contributed by atoms with Crippen LogP contribution < -0.4 is 4.42 Å². The third-order valence-corrected chi connectivity index (χ3v) is 3.59. The van der Waals surface area contributed by atoms with Gasteiger partial charge in [0.15, 0.2) is 0 Å². The Kier molecular flexibility index (Phi) is 4.81. The molecule has 0 radical (unpaired) electrons. The number of fused-ring (bicyclic) bond motifs is 1. The molecule has 8 heteroatoms. The number of alkyl halides is 3. The normalized spacial score (nSPS) is 21.0. The number of allylic oxidation sites excluding steroid dienone is 1. The van der Waals surface area contributed by atoms with Gasteiger partial charge in [0.05, 0.1) is 18.5 Å². The van der Waals surface area contributed by atoms with Gasteiger partial charge in [-0.25, -0.2) is 14.2 Å². The number of amides is 2. The fourth-order valence-corrected chi connectivity index (χ4v) is 2.28. The molecule has 1 aromatic rings. The molecule has 1 aliphatic heterocycles. The standard InChI is InChI=1S/C15H14ClF3N2O2/c1-10(2)7-8-23-14(15(17,18)19)9-20-13(22)21(16)12-6-4-3-5-11(12)14/h3-7,9H,8H2,1-2H3. The van der Waals surface area contributed by atoms with E-state index in [4.69, 9.17) is 16.5 Å². The maximum atomic E-state index is 13.8. The minimum atomic E-state index is -4.83. The van der Waals surface area contributed by atoms with E-state index in [9.17, 15) is 18.0 Å². The van der Waals surface area contributed by atoms with Crippen molar-refractivity contribution < 1.29 is 22.7 Å². The summed E-state index contributed by atoms with van der Waals surface area (Å²) in [4.78, 5) is 15.0. The first-order valence-corrected chi connectivity index (χ1v) is 7.01. The summed E-state index contributed by atoms with van der Waals surface area (Å²) < 4.78 is 47.2. The molecule has 4 nitrogen and oxygen atoms in total. The predicted molar refractivity (Wildman–Crippen MR) is 81.8 cm³/mol. The molecule has 0 saturated carbocycles. The van der Waals surface area contributed by atoms with E-state index in [0.29, 0.717) is 10.6 Å². The number of aliphatic imine (C=N–C) groups is 1. The Hall–Kier alpha value is -1.86.